The fourth-order valence-electron chi connectivity index (χ4n) is 2.26. The summed E-state index contributed by atoms with van der Waals surface area (Å²) < 4.78 is 40.0. The molecule has 5 nitrogen and oxygen atoms in total. The third-order valence-electron chi connectivity index (χ3n) is 3.53. The molecule has 0 bridgehead atoms. The van der Waals surface area contributed by atoms with Gasteiger partial charge in [-0.3, -0.25) is 0 Å². The molecule has 1 aliphatic heterocycles. The first-order valence-corrected chi connectivity index (χ1v) is 8.38. The molecule has 1 aromatic carbocycles. The molecule has 1 fully saturated rings. The van der Waals surface area contributed by atoms with E-state index in [-0.39, 0.29) is 21.1 Å². The smallest absolute Gasteiger partial charge is 0.245 e. The van der Waals surface area contributed by atoms with E-state index in [0.29, 0.717) is 13.1 Å². The second kappa shape index (κ2) is 5.59. The van der Waals surface area contributed by atoms with Crippen LogP contribution in [0.15, 0.2) is 21.5 Å². The number of hydrogen-bond acceptors (Lipinski definition) is 4. The molecular weight excluding hydrogens is 349 g/mol. The summed E-state index contributed by atoms with van der Waals surface area (Å²) in [4.78, 5) is 1.95. The topological polar surface area (TPSA) is 66.6 Å². The van der Waals surface area contributed by atoms with Gasteiger partial charge in [-0.2, -0.15) is 4.31 Å². The molecule has 1 unspecified atom stereocenters. The van der Waals surface area contributed by atoms with Crippen molar-refractivity contribution in [3.05, 3.63) is 22.4 Å². The second-order valence-electron chi connectivity index (χ2n) is 5.07. The summed E-state index contributed by atoms with van der Waals surface area (Å²) in [6.07, 6.45) is 0.772. The lowest BCUT2D eigenvalue weighted by Gasteiger charge is -2.21. The zero-order chi connectivity index (χ0) is 15.1. The first-order chi connectivity index (χ1) is 9.23. The van der Waals surface area contributed by atoms with Crippen molar-refractivity contribution in [1.29, 1.82) is 0 Å². The maximum Gasteiger partial charge on any atom is 0.245 e. The monoisotopic (exact) mass is 365 g/mol. The predicted molar refractivity (Wildman–Crippen MR) is 79.4 cm³/mol. The Bertz CT molecular complexity index is 621. The fraction of sp³-hybridized carbons (Fsp3) is 0.500. The summed E-state index contributed by atoms with van der Waals surface area (Å²) in [5.74, 6) is -0.575. The molecule has 112 valence electrons. The van der Waals surface area contributed by atoms with E-state index in [4.69, 9.17) is 5.73 Å². The normalized spacial score (nSPS) is 20.8. The molecule has 1 aliphatic rings. The van der Waals surface area contributed by atoms with E-state index in [1.807, 2.05) is 19.0 Å². The van der Waals surface area contributed by atoms with Gasteiger partial charge >= 0.3 is 0 Å². The highest BCUT2D eigenvalue weighted by molar-refractivity contribution is 9.10. The van der Waals surface area contributed by atoms with Crippen LogP contribution in [0.3, 0.4) is 0 Å². The number of likely N-dealkylation sites (N-methyl/N-ethyl adjacent to an activating group) is 1. The Kier molecular flexibility index (Phi) is 4.38. The zero-order valence-corrected chi connectivity index (χ0v) is 13.7. The molecule has 1 atom stereocenters. The number of benzene rings is 1. The van der Waals surface area contributed by atoms with E-state index in [2.05, 4.69) is 15.9 Å². The Labute approximate surface area is 126 Å². The molecule has 0 amide bonds. The van der Waals surface area contributed by atoms with Crippen LogP contribution in [0.1, 0.15) is 6.42 Å². The first-order valence-electron chi connectivity index (χ1n) is 6.14. The lowest BCUT2D eigenvalue weighted by atomic mass is 10.2. The van der Waals surface area contributed by atoms with Gasteiger partial charge < -0.3 is 10.6 Å². The van der Waals surface area contributed by atoms with Crippen LogP contribution in [-0.2, 0) is 10.0 Å². The molecule has 2 N–H and O–H groups in total. The quantitative estimate of drug-likeness (QED) is 0.824. The van der Waals surface area contributed by atoms with E-state index in [1.165, 1.54) is 10.4 Å². The van der Waals surface area contributed by atoms with Crippen molar-refractivity contribution >= 4 is 31.6 Å². The van der Waals surface area contributed by atoms with Crippen molar-refractivity contribution in [3.63, 3.8) is 0 Å². The number of rotatable bonds is 3. The third-order valence-corrected chi connectivity index (χ3v) is 6.06. The van der Waals surface area contributed by atoms with Gasteiger partial charge in [-0.05, 0) is 48.6 Å². The van der Waals surface area contributed by atoms with Gasteiger partial charge in [0.15, 0.2) is 0 Å². The maximum atomic E-state index is 13.4. The van der Waals surface area contributed by atoms with Crippen LogP contribution in [0.4, 0.5) is 10.1 Å². The minimum Gasteiger partial charge on any atom is -0.398 e. The van der Waals surface area contributed by atoms with Crippen molar-refractivity contribution in [2.24, 2.45) is 0 Å². The van der Waals surface area contributed by atoms with E-state index in [1.54, 1.807) is 0 Å². The number of halogens is 2. The maximum absolute atomic E-state index is 13.4. The van der Waals surface area contributed by atoms with Crippen LogP contribution in [0.2, 0.25) is 0 Å². The van der Waals surface area contributed by atoms with Gasteiger partial charge in [0.2, 0.25) is 10.0 Å². The molecule has 0 aliphatic carbocycles. The number of nitrogens with zero attached hydrogens (tertiary/aromatic N) is 2. The summed E-state index contributed by atoms with van der Waals surface area (Å²) in [5, 5.41) is 0. The van der Waals surface area contributed by atoms with Gasteiger partial charge in [-0.25, -0.2) is 12.8 Å². The second-order valence-corrected chi connectivity index (χ2v) is 7.83. The van der Waals surface area contributed by atoms with Crippen LogP contribution in [0.25, 0.3) is 0 Å². The lowest BCUT2D eigenvalue weighted by Crippen LogP contribution is -2.34. The Morgan fingerprint density at radius 3 is 2.65 bits per heavy atom. The average Bonchev–Trinajstić information content (AvgIpc) is 2.83. The molecule has 8 heteroatoms. The average molecular weight is 366 g/mol. The van der Waals surface area contributed by atoms with Gasteiger partial charge in [0.1, 0.15) is 10.7 Å². The van der Waals surface area contributed by atoms with Crippen molar-refractivity contribution in [3.8, 4) is 0 Å². The number of hydrogen-bond donors (Lipinski definition) is 1. The summed E-state index contributed by atoms with van der Waals surface area (Å²) in [6.45, 7) is 0.864. The highest BCUT2D eigenvalue weighted by Crippen LogP contribution is 2.30. The zero-order valence-electron chi connectivity index (χ0n) is 11.3. The number of sulfonamides is 1. The van der Waals surface area contributed by atoms with Crippen LogP contribution in [0, 0.1) is 5.82 Å². The Hall–Kier alpha value is -0.700. The number of nitrogen functional groups attached to an aromatic ring is 1. The molecule has 0 aromatic heterocycles. The highest BCUT2D eigenvalue weighted by atomic mass is 79.9. The molecule has 20 heavy (non-hydrogen) atoms. The largest absolute Gasteiger partial charge is 0.398 e. The highest BCUT2D eigenvalue weighted by Gasteiger charge is 2.34. The molecule has 1 saturated heterocycles. The van der Waals surface area contributed by atoms with Crippen LogP contribution >= 0.6 is 15.9 Å². The number of anilines is 1. The number of nitrogens with two attached hydrogens (primary N) is 1. The summed E-state index contributed by atoms with van der Waals surface area (Å²) >= 11 is 2.99. The fourth-order valence-corrected chi connectivity index (χ4v) is 4.37. The minimum atomic E-state index is -3.69. The Balaban J connectivity index is 2.35. The van der Waals surface area contributed by atoms with Crippen LogP contribution in [-0.4, -0.2) is 50.8 Å². The van der Waals surface area contributed by atoms with E-state index in [9.17, 15) is 12.8 Å². The minimum absolute atomic E-state index is 0.0508. The van der Waals surface area contributed by atoms with Crippen molar-refractivity contribution in [2.75, 3.05) is 32.9 Å². The molecular formula is C12H17BrFN3O2S. The molecule has 2 rings (SSSR count). The molecule has 0 spiro atoms. The van der Waals surface area contributed by atoms with Crippen LogP contribution < -0.4 is 5.73 Å². The Morgan fingerprint density at radius 1 is 1.45 bits per heavy atom. The SMILES string of the molecule is CN(C)C1CCN(S(=O)(=O)c2cc(Br)c(F)cc2N)C1. The van der Waals surface area contributed by atoms with Crippen molar-refractivity contribution in [2.45, 2.75) is 17.4 Å². The third kappa shape index (κ3) is 2.83. The van der Waals surface area contributed by atoms with Gasteiger partial charge in [0.25, 0.3) is 0 Å². The first kappa shape index (κ1) is 15.7. The lowest BCUT2D eigenvalue weighted by molar-refractivity contribution is 0.302. The van der Waals surface area contributed by atoms with E-state index < -0.39 is 15.8 Å². The van der Waals surface area contributed by atoms with Gasteiger partial charge in [0.05, 0.1) is 10.2 Å². The molecule has 1 aromatic rings. The Morgan fingerprint density at radius 2 is 2.10 bits per heavy atom. The van der Waals surface area contributed by atoms with E-state index in [0.717, 1.165) is 12.5 Å². The summed E-state index contributed by atoms with van der Waals surface area (Å²) in [7, 11) is 0.150. The van der Waals surface area contributed by atoms with E-state index >= 15 is 0 Å². The van der Waals surface area contributed by atoms with Crippen LogP contribution in [0.5, 0.6) is 0 Å². The predicted octanol–water partition coefficient (Wildman–Crippen LogP) is 1.50. The van der Waals surface area contributed by atoms with Crippen molar-refractivity contribution in [1.82, 2.24) is 9.21 Å². The standard InChI is InChI=1S/C12H17BrFN3O2S/c1-16(2)8-3-4-17(7-8)20(18,19)12-5-9(13)10(14)6-11(12)15/h5-6,8H,3-4,7,15H2,1-2H3. The molecule has 1 heterocycles. The van der Waals surface area contributed by atoms with Gasteiger partial charge in [-0.15, -0.1) is 0 Å². The van der Waals surface area contributed by atoms with Gasteiger partial charge in [-0.1, -0.05) is 0 Å². The molecule has 0 radical (unpaired) electrons. The molecule has 0 saturated carbocycles. The van der Waals surface area contributed by atoms with Gasteiger partial charge in [0, 0.05) is 19.1 Å². The van der Waals surface area contributed by atoms with Crippen molar-refractivity contribution < 1.29 is 12.8 Å². The summed E-state index contributed by atoms with van der Waals surface area (Å²) in [6, 6.07) is 2.44. The summed E-state index contributed by atoms with van der Waals surface area (Å²) in [5.41, 5.74) is 5.59.